The van der Waals surface area contributed by atoms with Crippen LogP contribution >= 0.6 is 0 Å². The lowest BCUT2D eigenvalue weighted by Crippen LogP contribution is -2.41. The first-order chi connectivity index (χ1) is 10.5. The molecule has 1 aliphatic rings. The van der Waals surface area contributed by atoms with Crippen molar-refractivity contribution >= 4 is 17.5 Å². The minimum atomic E-state index is -0.112. The van der Waals surface area contributed by atoms with Gasteiger partial charge in [0.05, 0.1) is 5.69 Å². The minimum absolute atomic E-state index is 0.0261. The van der Waals surface area contributed by atoms with Gasteiger partial charge in [0.25, 0.3) is 5.91 Å². The highest BCUT2D eigenvalue weighted by molar-refractivity contribution is 5.98. The van der Waals surface area contributed by atoms with E-state index in [0.717, 1.165) is 17.8 Å². The molecule has 0 aliphatic carbocycles. The average molecular weight is 305 g/mol. The Balaban J connectivity index is 1.94. The van der Waals surface area contributed by atoms with E-state index in [-0.39, 0.29) is 24.8 Å². The molecule has 6 nitrogen and oxygen atoms in total. The molecule has 0 unspecified atom stereocenters. The van der Waals surface area contributed by atoms with Crippen molar-refractivity contribution in [1.82, 2.24) is 10.2 Å². The Hall–Kier alpha value is -2.08. The fourth-order valence-electron chi connectivity index (χ4n) is 2.28. The second kappa shape index (κ2) is 7.26. The molecule has 0 fully saturated rings. The van der Waals surface area contributed by atoms with E-state index in [1.54, 1.807) is 4.90 Å². The number of likely N-dealkylation sites (N-methyl/N-ethyl adjacent to an activating group) is 1. The van der Waals surface area contributed by atoms with E-state index in [9.17, 15) is 9.59 Å². The predicted octanol–water partition coefficient (Wildman–Crippen LogP) is 0.788. The molecule has 22 heavy (non-hydrogen) atoms. The van der Waals surface area contributed by atoms with E-state index in [1.165, 1.54) is 0 Å². The number of hydrogen-bond acceptors (Lipinski definition) is 4. The van der Waals surface area contributed by atoms with Gasteiger partial charge >= 0.3 is 0 Å². The van der Waals surface area contributed by atoms with Crippen LogP contribution in [0, 0.1) is 6.92 Å². The largest absolute Gasteiger partial charge is 0.482 e. The third kappa shape index (κ3) is 4.21. The number of nitrogens with one attached hydrogen (secondary N) is 1. The standard InChI is InChI=1S/C16H23N3O3/c1-12-4-5-14-13(10-12)19(16(21)11-22-14)8-6-15(20)17-7-9-18(2)3/h4-5,10H,6-9,11H2,1-3H3,(H,17,20). The molecular formula is C16H23N3O3. The van der Waals surface area contributed by atoms with Crippen molar-refractivity contribution in [1.29, 1.82) is 0 Å². The molecule has 1 aliphatic heterocycles. The Morgan fingerprint density at radius 1 is 1.41 bits per heavy atom. The summed E-state index contributed by atoms with van der Waals surface area (Å²) in [5.74, 6) is 0.535. The van der Waals surface area contributed by atoms with Crippen molar-refractivity contribution in [2.24, 2.45) is 0 Å². The Kier molecular flexibility index (Phi) is 5.38. The minimum Gasteiger partial charge on any atom is -0.482 e. The smallest absolute Gasteiger partial charge is 0.265 e. The molecule has 0 bridgehead atoms. The van der Waals surface area contributed by atoms with Crippen molar-refractivity contribution in [2.45, 2.75) is 13.3 Å². The maximum atomic E-state index is 12.0. The summed E-state index contributed by atoms with van der Waals surface area (Å²) in [5, 5.41) is 2.85. The topological polar surface area (TPSA) is 61.9 Å². The molecule has 2 amide bonds. The number of nitrogens with zero attached hydrogens (tertiary/aromatic N) is 2. The van der Waals surface area contributed by atoms with Crippen LogP contribution in [0.5, 0.6) is 5.75 Å². The summed E-state index contributed by atoms with van der Waals surface area (Å²) in [4.78, 5) is 27.5. The lowest BCUT2D eigenvalue weighted by molar-refractivity contribution is -0.122. The van der Waals surface area contributed by atoms with Gasteiger partial charge in [0.2, 0.25) is 5.91 Å². The molecule has 1 aromatic carbocycles. The summed E-state index contributed by atoms with van der Waals surface area (Å²) in [6.07, 6.45) is 0.284. The number of benzene rings is 1. The molecular weight excluding hydrogens is 282 g/mol. The van der Waals surface area contributed by atoms with Crippen LogP contribution in [-0.4, -0.2) is 57.1 Å². The summed E-state index contributed by atoms with van der Waals surface area (Å²) in [7, 11) is 3.91. The van der Waals surface area contributed by atoms with Gasteiger partial charge in [0.1, 0.15) is 5.75 Å². The lowest BCUT2D eigenvalue weighted by Gasteiger charge is -2.29. The van der Waals surface area contributed by atoms with Crippen molar-refractivity contribution < 1.29 is 14.3 Å². The number of rotatable bonds is 6. The SMILES string of the molecule is Cc1ccc2c(c1)N(CCC(=O)NCCN(C)C)C(=O)CO2. The van der Waals surface area contributed by atoms with E-state index in [1.807, 2.05) is 44.1 Å². The van der Waals surface area contributed by atoms with Gasteiger partial charge in [-0.25, -0.2) is 0 Å². The summed E-state index contributed by atoms with van der Waals surface area (Å²) >= 11 is 0. The van der Waals surface area contributed by atoms with Gasteiger partial charge in [0, 0.05) is 26.1 Å². The number of hydrogen-bond donors (Lipinski definition) is 1. The number of anilines is 1. The normalized spacial score (nSPS) is 13.8. The van der Waals surface area contributed by atoms with Crippen molar-refractivity contribution in [3.8, 4) is 5.75 Å². The Labute approximate surface area is 131 Å². The molecule has 0 atom stereocenters. The Morgan fingerprint density at radius 2 is 2.18 bits per heavy atom. The van der Waals surface area contributed by atoms with Gasteiger partial charge in [-0.2, -0.15) is 0 Å². The van der Waals surface area contributed by atoms with Crippen LogP contribution in [-0.2, 0) is 9.59 Å². The zero-order valence-electron chi connectivity index (χ0n) is 13.4. The average Bonchev–Trinajstić information content (AvgIpc) is 2.45. The number of carbonyl (C=O) groups is 2. The van der Waals surface area contributed by atoms with E-state index in [4.69, 9.17) is 4.74 Å². The molecule has 6 heteroatoms. The second-order valence-electron chi connectivity index (χ2n) is 5.71. The quantitative estimate of drug-likeness (QED) is 0.844. The monoisotopic (exact) mass is 305 g/mol. The van der Waals surface area contributed by atoms with Crippen LogP contribution in [0.4, 0.5) is 5.69 Å². The van der Waals surface area contributed by atoms with Gasteiger partial charge in [0.15, 0.2) is 6.61 Å². The first kappa shape index (κ1) is 16.3. The highest BCUT2D eigenvalue weighted by Crippen LogP contribution is 2.32. The molecule has 0 aromatic heterocycles. The number of aryl methyl sites for hydroxylation is 1. The number of amides is 2. The molecule has 0 saturated heterocycles. The fraction of sp³-hybridized carbons (Fsp3) is 0.500. The molecule has 2 rings (SSSR count). The van der Waals surface area contributed by atoms with Gasteiger partial charge in [-0.05, 0) is 38.7 Å². The van der Waals surface area contributed by atoms with Gasteiger partial charge in [-0.15, -0.1) is 0 Å². The van der Waals surface area contributed by atoms with Gasteiger partial charge in [-0.3, -0.25) is 9.59 Å². The molecule has 120 valence electrons. The van der Waals surface area contributed by atoms with E-state index >= 15 is 0 Å². The van der Waals surface area contributed by atoms with Crippen LogP contribution in [0.1, 0.15) is 12.0 Å². The van der Waals surface area contributed by atoms with Crippen molar-refractivity contribution in [2.75, 3.05) is 45.2 Å². The highest BCUT2D eigenvalue weighted by Gasteiger charge is 2.25. The molecule has 0 saturated carbocycles. The first-order valence-electron chi connectivity index (χ1n) is 7.42. The summed E-state index contributed by atoms with van der Waals surface area (Å²) in [6.45, 7) is 3.76. The van der Waals surface area contributed by atoms with E-state index in [2.05, 4.69) is 5.32 Å². The predicted molar refractivity (Wildman–Crippen MR) is 85.2 cm³/mol. The molecule has 1 aromatic rings. The molecule has 0 spiro atoms. The lowest BCUT2D eigenvalue weighted by atomic mass is 10.1. The van der Waals surface area contributed by atoms with Crippen LogP contribution in [0.25, 0.3) is 0 Å². The maximum absolute atomic E-state index is 12.0. The summed E-state index contributed by atoms with van der Waals surface area (Å²) in [5.41, 5.74) is 1.80. The van der Waals surface area contributed by atoms with E-state index < -0.39 is 0 Å². The summed E-state index contributed by atoms with van der Waals surface area (Å²) < 4.78 is 5.42. The maximum Gasteiger partial charge on any atom is 0.265 e. The van der Waals surface area contributed by atoms with Crippen molar-refractivity contribution in [3.63, 3.8) is 0 Å². The van der Waals surface area contributed by atoms with Gasteiger partial charge in [-0.1, -0.05) is 6.07 Å². The fourth-order valence-corrected chi connectivity index (χ4v) is 2.28. The van der Waals surface area contributed by atoms with E-state index in [0.29, 0.717) is 18.8 Å². The third-order valence-electron chi connectivity index (χ3n) is 3.50. The molecule has 1 N–H and O–H groups in total. The van der Waals surface area contributed by atoms with Crippen LogP contribution < -0.4 is 15.0 Å². The van der Waals surface area contributed by atoms with Crippen LogP contribution in [0.3, 0.4) is 0 Å². The molecule has 1 heterocycles. The number of carbonyl (C=O) groups excluding carboxylic acids is 2. The zero-order valence-corrected chi connectivity index (χ0v) is 13.4. The Morgan fingerprint density at radius 3 is 2.91 bits per heavy atom. The summed E-state index contributed by atoms with van der Waals surface area (Å²) in [6, 6.07) is 5.72. The first-order valence-corrected chi connectivity index (χ1v) is 7.42. The zero-order chi connectivity index (χ0) is 16.1. The van der Waals surface area contributed by atoms with Crippen LogP contribution in [0.2, 0.25) is 0 Å². The van der Waals surface area contributed by atoms with Crippen LogP contribution in [0.15, 0.2) is 18.2 Å². The number of fused-ring (bicyclic) bond motifs is 1. The van der Waals surface area contributed by atoms with Gasteiger partial charge < -0.3 is 19.9 Å². The Bertz CT molecular complexity index is 558. The second-order valence-corrected chi connectivity index (χ2v) is 5.71. The van der Waals surface area contributed by atoms with Crippen molar-refractivity contribution in [3.05, 3.63) is 23.8 Å². The number of ether oxygens (including phenoxy) is 1. The third-order valence-corrected chi connectivity index (χ3v) is 3.50. The molecule has 0 radical (unpaired) electrons. The highest BCUT2D eigenvalue weighted by atomic mass is 16.5.